The summed E-state index contributed by atoms with van der Waals surface area (Å²) in [5, 5.41) is 2.30. The number of anilines is 3. The van der Waals surface area contributed by atoms with Gasteiger partial charge in [0.15, 0.2) is 0 Å². The minimum atomic E-state index is -5.23. The van der Waals surface area contributed by atoms with Crippen molar-refractivity contribution >= 4 is 40.7 Å². The maximum absolute atomic E-state index is 14.1. The molecule has 29 heavy (non-hydrogen) atoms. The summed E-state index contributed by atoms with van der Waals surface area (Å²) in [5.41, 5.74) is 4.57. The molecule has 0 aliphatic carbocycles. The number of nitrogens with two attached hydrogens (primary N) is 1. The Morgan fingerprint density at radius 1 is 1.24 bits per heavy atom. The van der Waals surface area contributed by atoms with Crippen LogP contribution in [0.5, 0.6) is 0 Å². The molecule has 0 aliphatic rings. The molecule has 0 aliphatic heterocycles. The van der Waals surface area contributed by atoms with Gasteiger partial charge in [-0.05, 0) is 30.7 Å². The average Bonchev–Trinajstić information content (AvgIpc) is 2.61. The third-order valence-corrected chi connectivity index (χ3v) is 3.87. The Balaban J connectivity index is 2.51. The van der Waals surface area contributed by atoms with Crippen molar-refractivity contribution in [2.75, 3.05) is 22.6 Å². The van der Waals surface area contributed by atoms with Gasteiger partial charge < -0.3 is 10.5 Å². The van der Waals surface area contributed by atoms with Crippen LogP contribution < -0.4 is 16.0 Å². The smallest absolute Gasteiger partial charge is 0.450 e. The van der Waals surface area contributed by atoms with E-state index in [1.165, 1.54) is 31.2 Å². The molecular formula is C18H16ClF4N3O3. The maximum atomic E-state index is 14.1. The molecule has 2 aromatic rings. The summed E-state index contributed by atoms with van der Waals surface area (Å²) < 4.78 is 58.2. The largest absolute Gasteiger partial charge is 0.471 e. The summed E-state index contributed by atoms with van der Waals surface area (Å²) in [6.07, 6.45) is -6.25. The number of hydrogen-bond donors (Lipinski definition) is 2. The predicted molar refractivity (Wildman–Crippen MR) is 100 cm³/mol. The molecule has 2 aromatic carbocycles. The molecule has 0 saturated heterocycles. The first-order valence-corrected chi connectivity index (χ1v) is 8.56. The van der Waals surface area contributed by atoms with E-state index in [1.54, 1.807) is 0 Å². The average molecular weight is 434 g/mol. The van der Waals surface area contributed by atoms with Crippen molar-refractivity contribution in [3.05, 3.63) is 52.8 Å². The zero-order valence-electron chi connectivity index (χ0n) is 15.0. The molecule has 11 heteroatoms. The number of amides is 2. The number of carbonyl (C=O) groups excluding carboxylic acids is 2. The Morgan fingerprint density at radius 3 is 2.52 bits per heavy atom. The fourth-order valence-corrected chi connectivity index (χ4v) is 2.63. The van der Waals surface area contributed by atoms with E-state index in [1.807, 2.05) is 0 Å². The monoisotopic (exact) mass is 433 g/mol. The lowest BCUT2D eigenvalue weighted by atomic mass is 10.1. The van der Waals surface area contributed by atoms with Crippen molar-refractivity contribution < 1.29 is 31.9 Å². The fourth-order valence-electron chi connectivity index (χ4n) is 2.42. The lowest BCUT2D eigenvalue weighted by Gasteiger charge is -2.26. The van der Waals surface area contributed by atoms with Gasteiger partial charge in [0.05, 0.1) is 30.2 Å². The van der Waals surface area contributed by atoms with E-state index >= 15 is 0 Å². The fraction of sp³-hybridized carbons (Fsp3) is 0.222. The van der Waals surface area contributed by atoms with Gasteiger partial charge in [-0.3, -0.25) is 15.0 Å². The Labute approximate surface area is 168 Å². The van der Waals surface area contributed by atoms with Gasteiger partial charge >= 0.3 is 18.2 Å². The van der Waals surface area contributed by atoms with Gasteiger partial charge in [-0.1, -0.05) is 23.7 Å². The minimum Gasteiger partial charge on any atom is -0.450 e. The third kappa shape index (κ3) is 5.74. The van der Waals surface area contributed by atoms with E-state index in [9.17, 15) is 27.2 Å². The Hall–Kier alpha value is -3.01. The first kappa shape index (κ1) is 22.3. The molecule has 156 valence electrons. The van der Waals surface area contributed by atoms with E-state index in [0.29, 0.717) is 11.0 Å². The lowest BCUT2D eigenvalue weighted by Crippen LogP contribution is -2.41. The molecule has 0 spiro atoms. The van der Waals surface area contributed by atoms with Crippen molar-refractivity contribution in [3.8, 4) is 0 Å². The Morgan fingerprint density at radius 2 is 1.93 bits per heavy atom. The first-order valence-electron chi connectivity index (χ1n) is 8.18. The number of rotatable bonds is 5. The van der Waals surface area contributed by atoms with Crippen LogP contribution in [-0.2, 0) is 16.1 Å². The molecule has 0 radical (unpaired) electrons. The van der Waals surface area contributed by atoms with Gasteiger partial charge in [-0.15, -0.1) is 0 Å². The van der Waals surface area contributed by atoms with Crippen LogP contribution in [0.2, 0.25) is 5.02 Å². The summed E-state index contributed by atoms with van der Waals surface area (Å²) in [7, 11) is 0. The van der Waals surface area contributed by atoms with Gasteiger partial charge in [0, 0.05) is 11.1 Å². The second-order valence-corrected chi connectivity index (χ2v) is 6.19. The molecule has 0 bridgehead atoms. The number of benzene rings is 2. The molecule has 0 fully saturated rings. The highest BCUT2D eigenvalue weighted by molar-refractivity contribution is 6.30. The summed E-state index contributed by atoms with van der Waals surface area (Å²) in [4.78, 5) is 23.9. The number of ether oxygens (including phenoxy) is 1. The van der Waals surface area contributed by atoms with E-state index < -0.39 is 47.6 Å². The van der Waals surface area contributed by atoms with Crippen LogP contribution in [0, 0.1) is 5.82 Å². The molecule has 0 saturated carbocycles. The lowest BCUT2D eigenvalue weighted by molar-refractivity contribution is -0.170. The quantitative estimate of drug-likeness (QED) is 0.527. The number of nitrogens with zero attached hydrogens (tertiary/aromatic N) is 1. The maximum Gasteiger partial charge on any atom is 0.471 e. The molecule has 6 nitrogen and oxygen atoms in total. The third-order valence-electron chi connectivity index (χ3n) is 3.64. The van der Waals surface area contributed by atoms with Crippen LogP contribution in [0.25, 0.3) is 0 Å². The van der Waals surface area contributed by atoms with E-state index in [2.05, 4.69) is 10.1 Å². The van der Waals surface area contributed by atoms with E-state index in [4.69, 9.17) is 17.3 Å². The van der Waals surface area contributed by atoms with Crippen LogP contribution >= 0.6 is 11.6 Å². The molecule has 3 N–H and O–H groups in total. The van der Waals surface area contributed by atoms with Crippen LogP contribution in [-0.4, -0.2) is 24.8 Å². The molecule has 0 heterocycles. The molecule has 2 amide bonds. The summed E-state index contributed by atoms with van der Waals surface area (Å²) in [6, 6.07) is 7.36. The summed E-state index contributed by atoms with van der Waals surface area (Å²) in [5.74, 6) is -3.24. The zero-order valence-corrected chi connectivity index (χ0v) is 15.8. The highest BCUT2D eigenvalue weighted by Gasteiger charge is 2.43. The van der Waals surface area contributed by atoms with Gasteiger partial charge in [-0.2, -0.15) is 13.2 Å². The van der Waals surface area contributed by atoms with Gasteiger partial charge in [0.25, 0.3) is 0 Å². The van der Waals surface area contributed by atoms with Crippen molar-refractivity contribution in [1.82, 2.24) is 0 Å². The van der Waals surface area contributed by atoms with Crippen LogP contribution in [0.4, 0.5) is 39.4 Å². The normalized spacial score (nSPS) is 11.1. The van der Waals surface area contributed by atoms with Crippen molar-refractivity contribution in [3.63, 3.8) is 0 Å². The van der Waals surface area contributed by atoms with Crippen LogP contribution in [0.15, 0.2) is 36.4 Å². The van der Waals surface area contributed by atoms with Crippen molar-refractivity contribution in [1.29, 1.82) is 0 Å². The number of nitrogens with one attached hydrogen (secondary N) is 1. The minimum absolute atomic E-state index is 0.0112. The first-order chi connectivity index (χ1) is 13.5. The van der Waals surface area contributed by atoms with Gasteiger partial charge in [0.1, 0.15) is 5.82 Å². The Bertz CT molecular complexity index is 922. The van der Waals surface area contributed by atoms with Crippen LogP contribution in [0.3, 0.4) is 0 Å². The van der Waals surface area contributed by atoms with E-state index in [0.717, 1.165) is 6.07 Å². The number of hydrogen-bond acceptors (Lipinski definition) is 4. The van der Waals surface area contributed by atoms with Gasteiger partial charge in [-0.25, -0.2) is 9.18 Å². The Kier molecular flexibility index (Phi) is 6.91. The highest BCUT2D eigenvalue weighted by Crippen LogP contribution is 2.34. The molecule has 0 unspecified atom stereocenters. The second-order valence-electron chi connectivity index (χ2n) is 5.76. The molecule has 2 rings (SSSR count). The van der Waals surface area contributed by atoms with Crippen molar-refractivity contribution in [2.45, 2.75) is 19.6 Å². The SMILES string of the molecule is CCOC(=O)Nc1cc(N(Cc2cccc(Cl)c2)C(=O)C(F)(F)F)c(N)cc1F. The second kappa shape index (κ2) is 8.99. The standard InChI is InChI=1S/C18H16ClF4N3O3/c1-2-29-17(28)25-14-8-15(13(24)7-12(14)20)26(16(27)18(21,22)23)9-10-4-3-5-11(19)6-10/h3-8H,2,9,24H2,1H3,(H,25,28). The number of alkyl halides is 3. The molecule has 0 atom stereocenters. The predicted octanol–water partition coefficient (Wildman–Crippen LogP) is 4.73. The zero-order chi connectivity index (χ0) is 21.8. The van der Waals surface area contributed by atoms with E-state index in [-0.39, 0.29) is 17.2 Å². The highest BCUT2D eigenvalue weighted by atomic mass is 35.5. The van der Waals surface area contributed by atoms with Gasteiger partial charge in [0.2, 0.25) is 0 Å². The van der Waals surface area contributed by atoms with Crippen LogP contribution in [0.1, 0.15) is 12.5 Å². The topological polar surface area (TPSA) is 84.7 Å². The summed E-state index contributed by atoms with van der Waals surface area (Å²) in [6.45, 7) is 0.954. The van der Waals surface area contributed by atoms with Crippen molar-refractivity contribution in [2.24, 2.45) is 0 Å². The number of carbonyl (C=O) groups is 2. The molecular weight excluding hydrogens is 418 g/mol. The summed E-state index contributed by atoms with van der Waals surface area (Å²) >= 11 is 5.85. The molecule has 0 aromatic heterocycles. The number of nitrogen functional groups attached to an aromatic ring is 1. The number of halogens is 5.